The van der Waals surface area contributed by atoms with Crippen molar-refractivity contribution in [3.8, 4) is 0 Å². The fraction of sp³-hybridized carbons (Fsp3) is 0.625. The maximum atomic E-state index is 12.3. The topological polar surface area (TPSA) is 147 Å². The molecular weight excluding hydrogens is 410 g/mol. The molecule has 0 aliphatic carbocycles. The van der Waals surface area contributed by atoms with E-state index in [-0.39, 0.29) is 28.9 Å². The van der Waals surface area contributed by atoms with Gasteiger partial charge in [0.2, 0.25) is 11.3 Å². The third kappa shape index (κ3) is 8.21. The molecule has 28 heavy (non-hydrogen) atoms. The van der Waals surface area contributed by atoms with Crippen LogP contribution in [0.5, 0.6) is 0 Å². The molecule has 1 heterocycles. The Balaban J connectivity index is 3.02. The van der Waals surface area contributed by atoms with Gasteiger partial charge in [0.25, 0.3) is 0 Å². The van der Waals surface area contributed by atoms with Crippen LogP contribution < -0.4 is 5.73 Å². The molecule has 0 bridgehead atoms. The highest BCUT2D eigenvalue weighted by atomic mass is 32.2. The molecule has 0 fully saturated rings. The van der Waals surface area contributed by atoms with Gasteiger partial charge in [-0.3, -0.25) is 0 Å². The SMILES string of the molecule is CC(C)(C)OC(=O)C(C)(C)ON=C(C(=O)OCCS(C)(=O)=O)c1csc(N)n1. The number of rotatable bonds is 8. The molecule has 0 spiro atoms. The monoisotopic (exact) mass is 435 g/mol. The predicted octanol–water partition coefficient (Wildman–Crippen LogP) is 1.15. The van der Waals surface area contributed by atoms with E-state index in [1.54, 1.807) is 20.8 Å². The maximum absolute atomic E-state index is 12.3. The fourth-order valence-corrected chi connectivity index (χ4v) is 2.47. The van der Waals surface area contributed by atoms with E-state index in [4.69, 9.17) is 20.0 Å². The average molecular weight is 436 g/mol. The average Bonchev–Trinajstić information content (AvgIpc) is 2.90. The number of anilines is 1. The van der Waals surface area contributed by atoms with Gasteiger partial charge < -0.3 is 20.0 Å². The molecule has 0 saturated heterocycles. The molecule has 1 aromatic rings. The van der Waals surface area contributed by atoms with E-state index in [1.807, 2.05) is 0 Å². The zero-order chi connectivity index (χ0) is 21.8. The third-order valence-corrected chi connectivity index (χ3v) is 4.48. The lowest BCUT2D eigenvalue weighted by atomic mass is 10.1. The summed E-state index contributed by atoms with van der Waals surface area (Å²) in [4.78, 5) is 33.8. The lowest BCUT2D eigenvalue weighted by Gasteiger charge is -2.26. The molecule has 0 aliphatic rings. The smallest absolute Gasteiger partial charge is 0.362 e. The van der Waals surface area contributed by atoms with Gasteiger partial charge in [-0.25, -0.2) is 23.0 Å². The van der Waals surface area contributed by atoms with Crippen LogP contribution in [0.25, 0.3) is 0 Å². The van der Waals surface area contributed by atoms with Crippen molar-refractivity contribution < 1.29 is 32.3 Å². The molecule has 2 N–H and O–H groups in total. The lowest BCUT2D eigenvalue weighted by Crippen LogP contribution is -2.40. The predicted molar refractivity (Wildman–Crippen MR) is 105 cm³/mol. The number of oxime groups is 1. The van der Waals surface area contributed by atoms with Crippen molar-refractivity contribution in [2.24, 2.45) is 5.16 Å². The van der Waals surface area contributed by atoms with Gasteiger partial charge in [-0.1, -0.05) is 5.16 Å². The Kier molecular flexibility index (Phi) is 7.54. The molecular formula is C16H25N3O7S2. The van der Waals surface area contributed by atoms with Crippen LogP contribution in [0.1, 0.15) is 40.3 Å². The number of nitrogens with zero attached hydrogens (tertiary/aromatic N) is 2. The number of hydrogen-bond acceptors (Lipinski definition) is 11. The van der Waals surface area contributed by atoms with E-state index in [0.717, 1.165) is 17.6 Å². The number of aromatic nitrogens is 1. The van der Waals surface area contributed by atoms with E-state index in [0.29, 0.717) is 0 Å². The number of esters is 2. The van der Waals surface area contributed by atoms with Gasteiger partial charge in [0.15, 0.2) is 15.0 Å². The Labute approximate surface area is 168 Å². The van der Waals surface area contributed by atoms with E-state index < -0.39 is 33.0 Å². The largest absolute Gasteiger partial charge is 0.460 e. The first-order valence-corrected chi connectivity index (χ1v) is 11.1. The van der Waals surface area contributed by atoms with Gasteiger partial charge in [0.1, 0.15) is 17.9 Å². The van der Waals surface area contributed by atoms with E-state index in [1.165, 1.54) is 19.2 Å². The molecule has 0 saturated carbocycles. The van der Waals surface area contributed by atoms with Crippen LogP contribution in [-0.4, -0.2) is 60.9 Å². The maximum Gasteiger partial charge on any atom is 0.362 e. The minimum atomic E-state index is -3.31. The van der Waals surface area contributed by atoms with Crippen molar-refractivity contribution in [2.45, 2.75) is 45.8 Å². The molecule has 0 atom stereocenters. The highest BCUT2D eigenvalue weighted by molar-refractivity contribution is 7.90. The molecule has 10 nitrogen and oxygen atoms in total. The summed E-state index contributed by atoms with van der Waals surface area (Å²) in [5.41, 5.74) is 3.06. The second-order valence-electron chi connectivity index (χ2n) is 7.38. The third-order valence-electron chi connectivity index (χ3n) is 2.90. The van der Waals surface area contributed by atoms with Crippen molar-refractivity contribution in [3.05, 3.63) is 11.1 Å². The van der Waals surface area contributed by atoms with Gasteiger partial charge >= 0.3 is 11.9 Å². The summed E-state index contributed by atoms with van der Waals surface area (Å²) >= 11 is 1.06. The first-order chi connectivity index (χ1) is 12.6. The lowest BCUT2D eigenvalue weighted by molar-refractivity contribution is -0.179. The van der Waals surface area contributed by atoms with Crippen LogP contribution in [0.4, 0.5) is 5.13 Å². The molecule has 158 valence electrons. The Hall–Kier alpha value is -2.21. The van der Waals surface area contributed by atoms with Gasteiger partial charge in [-0.2, -0.15) is 0 Å². The van der Waals surface area contributed by atoms with Crippen LogP contribution in [0, 0.1) is 0 Å². The van der Waals surface area contributed by atoms with Gasteiger partial charge in [0.05, 0.1) is 5.75 Å². The van der Waals surface area contributed by atoms with E-state index in [9.17, 15) is 18.0 Å². The standard InChI is InChI=1S/C16H25N3O7S2/c1-15(2,3)25-13(21)16(4,5)26-19-11(10-9-27-14(17)18-10)12(20)24-7-8-28(6,22)23/h9H,7-8H2,1-6H3,(H2,17,18). The normalized spacial score (nSPS) is 13.1. The number of carbonyl (C=O) groups excluding carboxylic acids is 2. The Morgan fingerprint density at radius 1 is 1.25 bits per heavy atom. The summed E-state index contributed by atoms with van der Waals surface area (Å²) in [5, 5.41) is 5.36. The molecule has 0 unspecified atom stereocenters. The second kappa shape index (κ2) is 8.86. The van der Waals surface area contributed by atoms with E-state index in [2.05, 4.69) is 10.1 Å². The molecule has 0 amide bonds. The number of nitrogen functional groups attached to an aromatic ring is 1. The number of ether oxygens (including phenoxy) is 2. The quantitative estimate of drug-likeness (QED) is 0.361. The highest BCUT2D eigenvalue weighted by Crippen LogP contribution is 2.19. The molecule has 0 radical (unpaired) electrons. The van der Waals surface area contributed by atoms with Gasteiger partial charge in [0, 0.05) is 11.6 Å². The summed E-state index contributed by atoms with van der Waals surface area (Å²) in [6.07, 6.45) is 1.02. The number of nitrogens with two attached hydrogens (primary N) is 1. The number of sulfone groups is 1. The Morgan fingerprint density at radius 3 is 2.32 bits per heavy atom. The summed E-state index contributed by atoms with van der Waals surface area (Å²) < 4.78 is 32.5. The zero-order valence-corrected chi connectivity index (χ0v) is 18.3. The van der Waals surface area contributed by atoms with E-state index >= 15 is 0 Å². The summed E-state index contributed by atoms with van der Waals surface area (Å²) in [6, 6.07) is 0. The zero-order valence-electron chi connectivity index (χ0n) is 16.6. The fourth-order valence-electron chi connectivity index (χ4n) is 1.54. The highest BCUT2D eigenvalue weighted by Gasteiger charge is 2.36. The van der Waals surface area contributed by atoms with Crippen LogP contribution in [0.3, 0.4) is 0 Å². The molecule has 1 rings (SSSR count). The van der Waals surface area contributed by atoms with Crippen molar-refractivity contribution >= 4 is 44.0 Å². The summed E-state index contributed by atoms with van der Waals surface area (Å²) in [6.45, 7) is 7.58. The number of thiazole rings is 1. The van der Waals surface area contributed by atoms with Crippen LogP contribution >= 0.6 is 11.3 Å². The van der Waals surface area contributed by atoms with Crippen molar-refractivity contribution in [1.82, 2.24) is 4.98 Å². The Morgan fingerprint density at radius 2 is 1.86 bits per heavy atom. The number of carbonyl (C=O) groups is 2. The van der Waals surface area contributed by atoms with Crippen molar-refractivity contribution in [2.75, 3.05) is 24.3 Å². The first kappa shape index (κ1) is 23.8. The van der Waals surface area contributed by atoms with Gasteiger partial charge in [-0.05, 0) is 34.6 Å². The summed E-state index contributed by atoms with van der Waals surface area (Å²) in [5.74, 6) is -2.00. The minimum Gasteiger partial charge on any atom is -0.460 e. The molecule has 0 aliphatic heterocycles. The van der Waals surface area contributed by atoms with Crippen LogP contribution in [0.15, 0.2) is 10.5 Å². The van der Waals surface area contributed by atoms with Gasteiger partial charge in [-0.15, -0.1) is 11.3 Å². The summed E-state index contributed by atoms with van der Waals surface area (Å²) in [7, 11) is -3.31. The molecule has 12 heteroatoms. The van der Waals surface area contributed by atoms with Crippen molar-refractivity contribution in [3.63, 3.8) is 0 Å². The van der Waals surface area contributed by atoms with Crippen LogP contribution in [0.2, 0.25) is 0 Å². The molecule has 0 aromatic carbocycles. The molecule has 1 aromatic heterocycles. The second-order valence-corrected chi connectivity index (χ2v) is 10.5. The van der Waals surface area contributed by atoms with Crippen molar-refractivity contribution in [1.29, 1.82) is 0 Å². The minimum absolute atomic E-state index is 0.0758. The van der Waals surface area contributed by atoms with Crippen LogP contribution in [-0.2, 0) is 33.7 Å². The number of hydrogen-bond donors (Lipinski definition) is 1. The Bertz CT molecular complexity index is 852. The first-order valence-electron chi connectivity index (χ1n) is 8.16.